The Hall–Kier alpha value is -1.88. The van der Waals surface area contributed by atoms with Crippen LogP contribution < -0.4 is 4.74 Å². The van der Waals surface area contributed by atoms with Crippen molar-refractivity contribution in [2.45, 2.75) is 31.5 Å². The topological polar surface area (TPSA) is 49.8 Å². The van der Waals surface area contributed by atoms with Crippen LogP contribution in [-0.2, 0) is 6.54 Å². The number of ketones is 1. The lowest BCUT2D eigenvalue weighted by atomic mass is 9.92. The van der Waals surface area contributed by atoms with Crippen molar-refractivity contribution in [3.63, 3.8) is 0 Å². The van der Waals surface area contributed by atoms with E-state index in [1.807, 2.05) is 18.2 Å². The number of hydrogen-bond donors (Lipinski definition) is 1. The van der Waals surface area contributed by atoms with Gasteiger partial charge < -0.3 is 9.84 Å². The van der Waals surface area contributed by atoms with E-state index in [0.29, 0.717) is 18.4 Å². The van der Waals surface area contributed by atoms with Gasteiger partial charge in [0.2, 0.25) is 0 Å². The Bertz CT molecular complexity index is 675. The molecule has 0 spiro atoms. The molecule has 2 unspecified atom stereocenters. The standard InChI is InChI=1S/C20H23NO3.ClH/c1-24-18-9-7-16(8-10-18)20(23)19-13-17(22)11-12-21(19)14-15-5-3-2-4-6-15;/h2-10,17,19,22H,11-14H2,1H3;1H. The van der Waals surface area contributed by atoms with Crippen molar-refractivity contribution in [3.8, 4) is 5.75 Å². The van der Waals surface area contributed by atoms with Crippen LogP contribution in [0.25, 0.3) is 0 Å². The Kier molecular flexibility index (Phi) is 7.00. The van der Waals surface area contributed by atoms with Gasteiger partial charge in [-0.2, -0.15) is 0 Å². The zero-order valence-corrected chi connectivity index (χ0v) is 15.1. The fourth-order valence-corrected chi connectivity index (χ4v) is 3.22. The molecule has 5 heteroatoms. The second kappa shape index (κ2) is 8.99. The van der Waals surface area contributed by atoms with Crippen LogP contribution in [0.15, 0.2) is 54.6 Å². The molecule has 2 aromatic carbocycles. The molecule has 3 rings (SSSR count). The monoisotopic (exact) mass is 361 g/mol. The van der Waals surface area contributed by atoms with Gasteiger partial charge in [-0.1, -0.05) is 30.3 Å². The van der Waals surface area contributed by atoms with Gasteiger partial charge in [0.25, 0.3) is 0 Å². The molecule has 134 valence electrons. The highest BCUT2D eigenvalue weighted by molar-refractivity contribution is 6.00. The molecule has 0 aliphatic carbocycles. The maximum absolute atomic E-state index is 13.0. The van der Waals surface area contributed by atoms with Crippen LogP contribution in [0.3, 0.4) is 0 Å². The Morgan fingerprint density at radius 2 is 1.84 bits per heavy atom. The number of ether oxygens (including phenoxy) is 1. The van der Waals surface area contributed by atoms with Crippen LogP contribution in [0.2, 0.25) is 0 Å². The van der Waals surface area contributed by atoms with E-state index in [2.05, 4.69) is 17.0 Å². The Morgan fingerprint density at radius 3 is 2.48 bits per heavy atom. The van der Waals surface area contributed by atoms with E-state index in [4.69, 9.17) is 4.74 Å². The van der Waals surface area contributed by atoms with Gasteiger partial charge in [0.05, 0.1) is 19.3 Å². The van der Waals surface area contributed by atoms with Crippen LogP contribution in [-0.4, -0.2) is 41.6 Å². The van der Waals surface area contributed by atoms with E-state index in [-0.39, 0.29) is 24.2 Å². The first-order valence-electron chi connectivity index (χ1n) is 8.31. The van der Waals surface area contributed by atoms with Crippen LogP contribution in [0.1, 0.15) is 28.8 Å². The lowest BCUT2D eigenvalue weighted by molar-refractivity contribution is 0.0332. The second-order valence-corrected chi connectivity index (χ2v) is 6.24. The molecule has 4 nitrogen and oxygen atoms in total. The normalized spacial score (nSPS) is 20.6. The summed E-state index contributed by atoms with van der Waals surface area (Å²) in [6.45, 7) is 1.45. The van der Waals surface area contributed by atoms with Crippen molar-refractivity contribution in [1.82, 2.24) is 4.90 Å². The minimum Gasteiger partial charge on any atom is -0.497 e. The van der Waals surface area contributed by atoms with Crippen LogP contribution in [0.5, 0.6) is 5.75 Å². The van der Waals surface area contributed by atoms with Gasteiger partial charge >= 0.3 is 0 Å². The van der Waals surface area contributed by atoms with Crippen molar-refractivity contribution in [2.24, 2.45) is 0 Å². The van der Waals surface area contributed by atoms with Gasteiger partial charge in [0, 0.05) is 18.7 Å². The summed E-state index contributed by atoms with van der Waals surface area (Å²) in [5.41, 5.74) is 1.84. The molecule has 2 aromatic rings. The molecular formula is C20H24ClNO3. The van der Waals surface area contributed by atoms with Crippen LogP contribution >= 0.6 is 12.4 Å². The minimum absolute atomic E-state index is 0. The molecule has 1 N–H and O–H groups in total. The maximum atomic E-state index is 13.0. The highest BCUT2D eigenvalue weighted by Crippen LogP contribution is 2.24. The number of benzene rings is 2. The predicted octanol–water partition coefficient (Wildman–Crippen LogP) is 3.33. The first-order valence-corrected chi connectivity index (χ1v) is 8.31. The first kappa shape index (κ1) is 19.4. The van der Waals surface area contributed by atoms with E-state index in [0.717, 1.165) is 18.8 Å². The second-order valence-electron chi connectivity index (χ2n) is 6.24. The molecule has 1 aliphatic rings. The average Bonchev–Trinajstić information content (AvgIpc) is 2.63. The van der Waals surface area contributed by atoms with Crippen molar-refractivity contribution in [2.75, 3.05) is 13.7 Å². The van der Waals surface area contributed by atoms with Crippen molar-refractivity contribution < 1.29 is 14.6 Å². The van der Waals surface area contributed by atoms with Crippen molar-refractivity contribution in [1.29, 1.82) is 0 Å². The number of halogens is 1. The van der Waals surface area contributed by atoms with E-state index < -0.39 is 6.10 Å². The largest absolute Gasteiger partial charge is 0.497 e. The lowest BCUT2D eigenvalue weighted by Gasteiger charge is -2.37. The third kappa shape index (κ3) is 4.82. The third-order valence-electron chi connectivity index (χ3n) is 4.59. The first-order chi connectivity index (χ1) is 11.7. The van der Waals surface area contributed by atoms with E-state index >= 15 is 0 Å². The molecule has 25 heavy (non-hydrogen) atoms. The highest BCUT2D eigenvalue weighted by Gasteiger charge is 2.33. The molecule has 0 bridgehead atoms. The molecule has 0 radical (unpaired) electrons. The summed E-state index contributed by atoms with van der Waals surface area (Å²) in [7, 11) is 1.61. The van der Waals surface area contributed by atoms with Gasteiger partial charge in [0.1, 0.15) is 5.75 Å². The number of methoxy groups -OCH3 is 1. The zero-order valence-electron chi connectivity index (χ0n) is 14.3. The molecule has 2 atom stereocenters. The molecule has 0 amide bonds. The van der Waals surface area contributed by atoms with Gasteiger partial charge in [0.15, 0.2) is 5.78 Å². The molecule has 1 aliphatic heterocycles. The van der Waals surface area contributed by atoms with Gasteiger partial charge in [-0.25, -0.2) is 0 Å². The SMILES string of the molecule is COc1ccc(C(=O)C2CC(O)CCN2Cc2ccccc2)cc1.Cl. The quantitative estimate of drug-likeness (QED) is 0.830. The van der Waals surface area contributed by atoms with Gasteiger partial charge in [-0.15, -0.1) is 12.4 Å². The number of carbonyl (C=O) groups excluding carboxylic acids is 1. The number of nitrogens with zero attached hydrogens (tertiary/aromatic N) is 1. The Labute approximate surface area is 154 Å². The van der Waals surface area contributed by atoms with Crippen LogP contribution in [0.4, 0.5) is 0 Å². The van der Waals surface area contributed by atoms with E-state index in [9.17, 15) is 9.90 Å². The summed E-state index contributed by atoms with van der Waals surface area (Å²) >= 11 is 0. The fraction of sp³-hybridized carbons (Fsp3) is 0.350. The fourth-order valence-electron chi connectivity index (χ4n) is 3.22. The summed E-state index contributed by atoms with van der Waals surface area (Å²) in [5.74, 6) is 0.795. The van der Waals surface area contributed by atoms with E-state index in [1.54, 1.807) is 31.4 Å². The summed E-state index contributed by atoms with van der Waals surface area (Å²) in [5, 5.41) is 10.0. The average molecular weight is 362 g/mol. The third-order valence-corrected chi connectivity index (χ3v) is 4.59. The smallest absolute Gasteiger partial charge is 0.180 e. The molecular weight excluding hydrogens is 338 g/mol. The molecule has 1 fully saturated rings. The number of piperidine rings is 1. The lowest BCUT2D eigenvalue weighted by Crippen LogP contribution is -2.48. The Balaban J connectivity index is 0.00000225. The van der Waals surface area contributed by atoms with Crippen LogP contribution in [0, 0.1) is 0 Å². The van der Waals surface area contributed by atoms with Crippen molar-refractivity contribution in [3.05, 3.63) is 65.7 Å². The molecule has 1 heterocycles. The molecule has 0 aromatic heterocycles. The molecule has 0 saturated carbocycles. The van der Waals surface area contributed by atoms with Crippen molar-refractivity contribution >= 4 is 18.2 Å². The number of carbonyl (C=O) groups is 1. The number of Topliss-reactive ketones (excluding diaryl/α,β-unsaturated/α-hetero) is 1. The van der Waals surface area contributed by atoms with E-state index in [1.165, 1.54) is 5.56 Å². The summed E-state index contributed by atoms with van der Waals surface area (Å²) < 4.78 is 5.15. The maximum Gasteiger partial charge on any atom is 0.180 e. The number of aliphatic hydroxyl groups excluding tert-OH is 1. The van der Waals surface area contributed by atoms with Gasteiger partial charge in [-0.05, 0) is 42.7 Å². The highest BCUT2D eigenvalue weighted by atomic mass is 35.5. The number of hydrogen-bond acceptors (Lipinski definition) is 4. The predicted molar refractivity (Wildman–Crippen MR) is 100 cm³/mol. The van der Waals surface area contributed by atoms with Gasteiger partial charge in [-0.3, -0.25) is 9.69 Å². The summed E-state index contributed by atoms with van der Waals surface area (Å²) in [6.07, 6.45) is 0.779. The number of aliphatic hydroxyl groups is 1. The zero-order chi connectivity index (χ0) is 16.9. The summed E-state index contributed by atoms with van der Waals surface area (Å²) in [6, 6.07) is 17.0. The Morgan fingerprint density at radius 1 is 1.16 bits per heavy atom. The minimum atomic E-state index is -0.413. The summed E-state index contributed by atoms with van der Waals surface area (Å²) in [4.78, 5) is 15.1. The number of likely N-dealkylation sites (tertiary alicyclic amines) is 1. The molecule has 1 saturated heterocycles. The number of rotatable bonds is 5.